The van der Waals surface area contributed by atoms with Gasteiger partial charge in [0.2, 0.25) is 0 Å². The Balaban J connectivity index is 2.31. The van der Waals surface area contributed by atoms with Crippen molar-refractivity contribution in [1.29, 1.82) is 0 Å². The average Bonchev–Trinajstić information content (AvgIpc) is 2.41. The molecule has 1 aliphatic rings. The molecular weight excluding hydrogens is 310 g/mol. The van der Waals surface area contributed by atoms with E-state index in [0.29, 0.717) is 18.5 Å². The molecule has 1 atom stereocenters. The molecule has 1 aromatic rings. The van der Waals surface area contributed by atoms with Crippen molar-refractivity contribution in [3.05, 3.63) is 33.8 Å². The van der Waals surface area contributed by atoms with E-state index in [-0.39, 0.29) is 5.91 Å². The van der Waals surface area contributed by atoms with Gasteiger partial charge in [0.1, 0.15) is 6.04 Å². The van der Waals surface area contributed by atoms with Crippen molar-refractivity contribution in [1.82, 2.24) is 4.90 Å². The molecule has 1 N–H and O–H groups in total. The number of carboxylic acid groups (broad SMARTS) is 1. The fourth-order valence-corrected chi connectivity index (χ4v) is 2.83. The lowest BCUT2D eigenvalue weighted by atomic mass is 10.0. The van der Waals surface area contributed by atoms with Crippen LogP contribution in [0.25, 0.3) is 0 Å². The van der Waals surface area contributed by atoms with Crippen LogP contribution in [-0.4, -0.2) is 34.5 Å². The van der Waals surface area contributed by atoms with E-state index in [0.717, 1.165) is 22.9 Å². The van der Waals surface area contributed by atoms with Crippen molar-refractivity contribution in [2.24, 2.45) is 0 Å². The molecule has 0 bridgehead atoms. The van der Waals surface area contributed by atoms with Gasteiger partial charge in [0.25, 0.3) is 5.91 Å². The number of rotatable bonds is 2. The third-order valence-electron chi connectivity index (χ3n) is 3.47. The van der Waals surface area contributed by atoms with Crippen LogP contribution in [0.3, 0.4) is 0 Å². The Morgan fingerprint density at radius 2 is 2.11 bits per heavy atom. The monoisotopic (exact) mass is 325 g/mol. The van der Waals surface area contributed by atoms with Gasteiger partial charge in [0, 0.05) is 11.0 Å². The summed E-state index contributed by atoms with van der Waals surface area (Å²) >= 11 is 3.41. The molecule has 0 unspecified atom stereocenters. The molecule has 0 radical (unpaired) electrons. The van der Waals surface area contributed by atoms with Crippen LogP contribution >= 0.6 is 15.9 Å². The molecule has 4 nitrogen and oxygen atoms in total. The van der Waals surface area contributed by atoms with Crippen molar-refractivity contribution in [3.63, 3.8) is 0 Å². The van der Waals surface area contributed by atoms with E-state index in [4.69, 9.17) is 0 Å². The van der Waals surface area contributed by atoms with Gasteiger partial charge in [-0.1, -0.05) is 12.1 Å². The highest BCUT2D eigenvalue weighted by Gasteiger charge is 2.33. The van der Waals surface area contributed by atoms with Gasteiger partial charge in [0.05, 0.1) is 5.56 Å². The highest BCUT2D eigenvalue weighted by atomic mass is 79.9. The molecule has 0 aromatic heterocycles. The second-order valence-electron chi connectivity index (χ2n) is 4.78. The number of carbonyl (C=O) groups is 2. The number of halogens is 1. The number of benzene rings is 1. The average molecular weight is 326 g/mol. The molecule has 19 heavy (non-hydrogen) atoms. The smallest absolute Gasteiger partial charge is 0.326 e. The number of nitrogens with zero attached hydrogens (tertiary/aromatic N) is 1. The Kier molecular flexibility index (Phi) is 4.24. The number of amides is 1. The Labute approximate surface area is 120 Å². The summed E-state index contributed by atoms with van der Waals surface area (Å²) in [5.41, 5.74) is 1.50. The van der Waals surface area contributed by atoms with Crippen LogP contribution in [0.5, 0.6) is 0 Å². The molecule has 1 heterocycles. The molecule has 0 saturated carbocycles. The standard InChI is InChI=1S/C14H16BrNO3/c1-9-5-4-6-10(12(9)15)13(17)16-8-3-2-7-11(16)14(18)19/h4-6,11H,2-3,7-8H2,1H3,(H,18,19)/t11-/m0/s1. The molecular formula is C14H16BrNO3. The number of aryl methyl sites for hydroxylation is 1. The van der Waals surface area contributed by atoms with Gasteiger partial charge in [-0.3, -0.25) is 4.79 Å². The predicted octanol–water partition coefficient (Wildman–Crippen LogP) is 2.84. The second kappa shape index (κ2) is 5.74. The molecule has 1 amide bonds. The van der Waals surface area contributed by atoms with Crippen LogP contribution in [0, 0.1) is 6.92 Å². The SMILES string of the molecule is Cc1cccc(C(=O)N2CCCC[C@H]2C(=O)O)c1Br. The topological polar surface area (TPSA) is 57.6 Å². The number of hydrogen-bond donors (Lipinski definition) is 1. The molecule has 1 fully saturated rings. The summed E-state index contributed by atoms with van der Waals surface area (Å²) in [7, 11) is 0. The van der Waals surface area contributed by atoms with Crippen molar-refractivity contribution in [2.45, 2.75) is 32.2 Å². The van der Waals surface area contributed by atoms with Gasteiger partial charge in [-0.05, 0) is 53.7 Å². The summed E-state index contributed by atoms with van der Waals surface area (Å²) in [6.07, 6.45) is 2.25. The van der Waals surface area contributed by atoms with Crippen LogP contribution < -0.4 is 0 Å². The molecule has 1 aromatic carbocycles. The zero-order valence-electron chi connectivity index (χ0n) is 10.7. The van der Waals surface area contributed by atoms with Crippen molar-refractivity contribution in [2.75, 3.05) is 6.54 Å². The predicted molar refractivity (Wildman–Crippen MR) is 75.2 cm³/mol. The van der Waals surface area contributed by atoms with Crippen LogP contribution in [0.4, 0.5) is 0 Å². The van der Waals surface area contributed by atoms with Crippen molar-refractivity contribution >= 4 is 27.8 Å². The maximum absolute atomic E-state index is 12.5. The second-order valence-corrected chi connectivity index (χ2v) is 5.58. The Morgan fingerprint density at radius 1 is 1.37 bits per heavy atom. The zero-order chi connectivity index (χ0) is 14.0. The van der Waals surface area contributed by atoms with Crippen LogP contribution in [0.15, 0.2) is 22.7 Å². The summed E-state index contributed by atoms with van der Waals surface area (Å²) in [5, 5.41) is 9.22. The third-order valence-corrected chi connectivity index (χ3v) is 4.52. The number of carboxylic acids is 1. The lowest BCUT2D eigenvalue weighted by Crippen LogP contribution is -2.48. The minimum absolute atomic E-state index is 0.206. The number of likely N-dealkylation sites (tertiary alicyclic amines) is 1. The van der Waals surface area contributed by atoms with Crippen LogP contribution in [0.1, 0.15) is 35.2 Å². The Hall–Kier alpha value is -1.36. The first-order valence-corrected chi connectivity index (χ1v) is 7.10. The number of aliphatic carboxylic acids is 1. The Morgan fingerprint density at radius 3 is 2.79 bits per heavy atom. The van der Waals surface area contributed by atoms with Gasteiger partial charge in [-0.15, -0.1) is 0 Å². The number of carbonyl (C=O) groups excluding carboxylic acids is 1. The maximum Gasteiger partial charge on any atom is 0.326 e. The van der Waals surface area contributed by atoms with E-state index in [9.17, 15) is 14.7 Å². The van der Waals surface area contributed by atoms with Gasteiger partial charge >= 0.3 is 5.97 Å². The number of hydrogen-bond acceptors (Lipinski definition) is 2. The van der Waals surface area contributed by atoms with Gasteiger partial charge < -0.3 is 10.0 Å². The first-order valence-electron chi connectivity index (χ1n) is 6.31. The zero-order valence-corrected chi connectivity index (χ0v) is 12.3. The summed E-state index contributed by atoms with van der Waals surface area (Å²) in [5.74, 6) is -1.13. The van der Waals surface area contributed by atoms with Gasteiger partial charge in [-0.2, -0.15) is 0 Å². The molecule has 102 valence electrons. The van der Waals surface area contributed by atoms with E-state index in [1.807, 2.05) is 19.1 Å². The largest absolute Gasteiger partial charge is 0.480 e. The lowest BCUT2D eigenvalue weighted by molar-refractivity contribution is -0.143. The molecule has 1 saturated heterocycles. The molecule has 0 aliphatic carbocycles. The fraction of sp³-hybridized carbons (Fsp3) is 0.429. The van der Waals surface area contributed by atoms with E-state index >= 15 is 0 Å². The molecule has 0 spiro atoms. The molecule has 5 heteroatoms. The maximum atomic E-state index is 12.5. The Bertz CT molecular complexity index is 515. The summed E-state index contributed by atoms with van der Waals surface area (Å²) < 4.78 is 0.745. The van der Waals surface area contributed by atoms with Crippen molar-refractivity contribution in [3.8, 4) is 0 Å². The van der Waals surface area contributed by atoms with E-state index < -0.39 is 12.0 Å². The number of piperidine rings is 1. The summed E-state index contributed by atoms with van der Waals surface area (Å²) in [6.45, 7) is 2.42. The fourth-order valence-electron chi connectivity index (χ4n) is 2.40. The molecule has 2 rings (SSSR count). The van der Waals surface area contributed by atoms with E-state index in [1.165, 1.54) is 4.90 Å². The van der Waals surface area contributed by atoms with Gasteiger partial charge in [0.15, 0.2) is 0 Å². The summed E-state index contributed by atoms with van der Waals surface area (Å²) in [6, 6.07) is 4.75. The van der Waals surface area contributed by atoms with Crippen LogP contribution in [-0.2, 0) is 4.79 Å². The highest BCUT2D eigenvalue weighted by molar-refractivity contribution is 9.10. The molecule has 1 aliphatic heterocycles. The van der Waals surface area contributed by atoms with Crippen LogP contribution in [0.2, 0.25) is 0 Å². The minimum atomic E-state index is -0.920. The van der Waals surface area contributed by atoms with E-state index in [1.54, 1.807) is 6.07 Å². The normalized spacial score (nSPS) is 19.3. The third kappa shape index (κ3) is 2.81. The minimum Gasteiger partial charge on any atom is -0.480 e. The lowest BCUT2D eigenvalue weighted by Gasteiger charge is -2.33. The summed E-state index contributed by atoms with van der Waals surface area (Å²) in [4.78, 5) is 25.2. The quantitative estimate of drug-likeness (QED) is 0.909. The van der Waals surface area contributed by atoms with E-state index in [2.05, 4.69) is 15.9 Å². The first-order chi connectivity index (χ1) is 9.02. The van der Waals surface area contributed by atoms with Crippen molar-refractivity contribution < 1.29 is 14.7 Å². The van der Waals surface area contributed by atoms with Gasteiger partial charge in [-0.25, -0.2) is 4.79 Å². The first kappa shape index (κ1) is 14.1. The highest BCUT2D eigenvalue weighted by Crippen LogP contribution is 2.26.